The summed E-state index contributed by atoms with van der Waals surface area (Å²) in [4.78, 5) is 56.5. The van der Waals surface area contributed by atoms with Crippen molar-refractivity contribution in [1.82, 2.24) is 14.4 Å². The van der Waals surface area contributed by atoms with Crippen molar-refractivity contribution >= 4 is 29.1 Å². The second-order valence-electron chi connectivity index (χ2n) is 11.1. The average Bonchev–Trinajstić information content (AvgIpc) is 2.97. The number of hydrogen-bond acceptors (Lipinski definition) is 5. The van der Waals surface area contributed by atoms with E-state index in [-0.39, 0.29) is 29.2 Å². The minimum absolute atomic E-state index is 0.00830. The molecule has 6 rings (SSSR count). The number of amides is 3. The third kappa shape index (κ3) is 5.33. The molecule has 0 radical (unpaired) electrons. The SMILES string of the molecule is CC(=O)N1CCN(C(=O)c2ccc(N3C[C@H]4C[C@@H](C3)c3cccc(=O)n3C4)c(NC(=O)c3ccc(F)cc3)c2)CC1. The van der Waals surface area contributed by atoms with E-state index in [0.717, 1.165) is 17.8 Å². The van der Waals surface area contributed by atoms with Gasteiger partial charge >= 0.3 is 0 Å². The first kappa shape index (κ1) is 26.7. The molecule has 0 unspecified atom stereocenters. The van der Waals surface area contributed by atoms with Gasteiger partial charge in [0.05, 0.1) is 11.4 Å². The summed E-state index contributed by atoms with van der Waals surface area (Å²) in [5.41, 5.74) is 3.07. The van der Waals surface area contributed by atoms with Crippen molar-refractivity contribution in [2.45, 2.75) is 25.8 Å². The van der Waals surface area contributed by atoms with Crippen LogP contribution in [0.5, 0.6) is 0 Å². The smallest absolute Gasteiger partial charge is 0.255 e. The lowest BCUT2D eigenvalue weighted by molar-refractivity contribution is -0.130. The van der Waals surface area contributed by atoms with E-state index in [1.54, 1.807) is 34.1 Å². The van der Waals surface area contributed by atoms with Gasteiger partial charge in [0, 0.05) is 81.5 Å². The van der Waals surface area contributed by atoms with Gasteiger partial charge in [0.25, 0.3) is 17.4 Å². The summed E-state index contributed by atoms with van der Waals surface area (Å²) in [6.07, 6.45) is 0.986. The minimum atomic E-state index is -0.432. The minimum Gasteiger partial charge on any atom is -0.369 e. The first-order valence-electron chi connectivity index (χ1n) is 14.0. The molecule has 1 aromatic heterocycles. The van der Waals surface area contributed by atoms with Gasteiger partial charge in [-0.3, -0.25) is 19.2 Å². The molecule has 2 fully saturated rings. The molecule has 10 heteroatoms. The molecular weight excluding hydrogens is 525 g/mol. The second kappa shape index (κ2) is 10.8. The molecule has 1 N–H and O–H groups in total. The largest absolute Gasteiger partial charge is 0.369 e. The number of hydrogen-bond donors (Lipinski definition) is 1. The van der Waals surface area contributed by atoms with Gasteiger partial charge in [-0.15, -0.1) is 0 Å². The number of carbonyl (C=O) groups excluding carboxylic acids is 3. The Morgan fingerprint density at radius 2 is 1.56 bits per heavy atom. The first-order chi connectivity index (χ1) is 19.8. The molecule has 3 aliphatic heterocycles. The van der Waals surface area contributed by atoms with E-state index < -0.39 is 11.7 Å². The van der Waals surface area contributed by atoms with Crippen LogP contribution in [-0.4, -0.2) is 71.4 Å². The number of benzene rings is 2. The number of nitrogens with zero attached hydrogens (tertiary/aromatic N) is 4. The second-order valence-corrected chi connectivity index (χ2v) is 11.1. The van der Waals surface area contributed by atoms with Gasteiger partial charge in [-0.25, -0.2) is 4.39 Å². The molecule has 0 saturated carbocycles. The van der Waals surface area contributed by atoms with Crippen LogP contribution < -0.4 is 15.8 Å². The van der Waals surface area contributed by atoms with E-state index in [9.17, 15) is 23.6 Å². The Labute approximate surface area is 237 Å². The Morgan fingerprint density at radius 3 is 2.29 bits per heavy atom. The quantitative estimate of drug-likeness (QED) is 0.532. The maximum absolute atomic E-state index is 13.5. The van der Waals surface area contributed by atoms with Crippen LogP contribution in [0.25, 0.3) is 0 Å². The number of halogens is 1. The molecule has 9 nitrogen and oxygen atoms in total. The summed E-state index contributed by atoms with van der Waals surface area (Å²) in [5.74, 6) is -0.581. The molecule has 212 valence electrons. The summed E-state index contributed by atoms with van der Waals surface area (Å²) in [6, 6.07) is 16.1. The summed E-state index contributed by atoms with van der Waals surface area (Å²) >= 11 is 0. The lowest BCUT2D eigenvalue weighted by Gasteiger charge is -2.44. The Balaban J connectivity index is 1.30. The molecule has 2 aromatic carbocycles. The van der Waals surface area contributed by atoms with Crippen LogP contribution in [0.4, 0.5) is 15.8 Å². The molecular formula is C31H32FN5O4. The molecule has 3 amide bonds. The van der Waals surface area contributed by atoms with Gasteiger partial charge in [0.15, 0.2) is 0 Å². The summed E-state index contributed by atoms with van der Waals surface area (Å²) in [7, 11) is 0. The number of anilines is 2. The normalized spacial score (nSPS) is 19.9. The van der Waals surface area contributed by atoms with E-state index in [1.807, 2.05) is 16.7 Å². The highest BCUT2D eigenvalue weighted by Gasteiger charge is 2.35. The molecule has 0 spiro atoms. The number of pyridine rings is 1. The molecule has 4 heterocycles. The Morgan fingerprint density at radius 1 is 0.854 bits per heavy atom. The highest BCUT2D eigenvalue weighted by molar-refractivity contribution is 6.07. The third-order valence-corrected chi connectivity index (χ3v) is 8.43. The van der Waals surface area contributed by atoms with Crippen molar-refractivity contribution in [2.24, 2.45) is 5.92 Å². The van der Waals surface area contributed by atoms with Crippen LogP contribution in [-0.2, 0) is 11.3 Å². The lowest BCUT2D eigenvalue weighted by atomic mass is 9.83. The van der Waals surface area contributed by atoms with Crippen molar-refractivity contribution in [3.63, 3.8) is 0 Å². The maximum Gasteiger partial charge on any atom is 0.255 e. The van der Waals surface area contributed by atoms with Crippen molar-refractivity contribution in [3.05, 3.63) is 93.7 Å². The van der Waals surface area contributed by atoms with Crippen molar-refractivity contribution in [1.29, 1.82) is 0 Å². The standard InChI is InChI=1S/C31H32FN5O4/c1-20(38)34-11-13-35(14-12-34)31(41)23-7-10-28(26(16-23)33-30(40)22-5-8-25(32)9-6-22)36-17-21-15-24(19-36)27-3-2-4-29(39)37(27)18-21/h2-10,16,21,24H,11-15,17-19H2,1H3,(H,33,40)/t21-,24+/m1/s1. The van der Waals surface area contributed by atoms with Gasteiger partial charge in [-0.2, -0.15) is 0 Å². The fraction of sp³-hybridized carbons (Fsp3) is 0.355. The van der Waals surface area contributed by atoms with Gasteiger partial charge in [-0.05, 0) is 60.9 Å². The van der Waals surface area contributed by atoms with Gasteiger partial charge < -0.3 is 24.6 Å². The maximum atomic E-state index is 13.5. The molecule has 2 bridgehead atoms. The molecule has 0 aliphatic carbocycles. The molecule has 2 saturated heterocycles. The fourth-order valence-corrected chi connectivity index (χ4v) is 6.34. The van der Waals surface area contributed by atoms with Crippen LogP contribution in [0.1, 0.15) is 45.7 Å². The number of piperazine rings is 1. The number of carbonyl (C=O) groups is 3. The number of aromatic nitrogens is 1. The highest BCUT2D eigenvalue weighted by Crippen LogP contribution is 2.39. The predicted molar refractivity (Wildman–Crippen MR) is 153 cm³/mol. The monoisotopic (exact) mass is 557 g/mol. The lowest BCUT2D eigenvalue weighted by Crippen LogP contribution is -2.50. The van der Waals surface area contributed by atoms with Crippen LogP contribution in [0.2, 0.25) is 0 Å². The number of nitrogens with one attached hydrogen (secondary N) is 1. The number of rotatable bonds is 4. The van der Waals surface area contributed by atoms with E-state index in [1.165, 1.54) is 31.2 Å². The van der Waals surface area contributed by atoms with Crippen molar-refractivity contribution in [3.8, 4) is 0 Å². The van der Waals surface area contributed by atoms with Crippen LogP contribution in [0.15, 0.2) is 65.5 Å². The van der Waals surface area contributed by atoms with Crippen molar-refractivity contribution in [2.75, 3.05) is 49.5 Å². The third-order valence-electron chi connectivity index (χ3n) is 8.43. The summed E-state index contributed by atoms with van der Waals surface area (Å²) < 4.78 is 15.4. The van der Waals surface area contributed by atoms with Crippen LogP contribution in [0.3, 0.4) is 0 Å². The highest BCUT2D eigenvalue weighted by atomic mass is 19.1. The zero-order valence-corrected chi connectivity index (χ0v) is 22.9. The predicted octanol–water partition coefficient (Wildman–Crippen LogP) is 3.17. The van der Waals surface area contributed by atoms with Crippen LogP contribution in [0, 0.1) is 11.7 Å². The Bertz CT molecular complexity index is 1560. The van der Waals surface area contributed by atoms with E-state index in [2.05, 4.69) is 10.2 Å². The van der Waals surface area contributed by atoms with E-state index >= 15 is 0 Å². The van der Waals surface area contributed by atoms with Gasteiger partial charge in [0.1, 0.15) is 5.82 Å². The number of fused-ring (bicyclic) bond motifs is 4. The van der Waals surface area contributed by atoms with E-state index in [4.69, 9.17) is 0 Å². The molecule has 3 aromatic rings. The zero-order chi connectivity index (χ0) is 28.7. The average molecular weight is 558 g/mol. The Hall–Kier alpha value is -4.47. The molecule has 3 aliphatic rings. The zero-order valence-electron chi connectivity index (χ0n) is 22.9. The van der Waals surface area contributed by atoms with E-state index in [0.29, 0.717) is 62.6 Å². The molecule has 41 heavy (non-hydrogen) atoms. The summed E-state index contributed by atoms with van der Waals surface area (Å²) in [6.45, 7) is 5.37. The molecule has 2 atom stereocenters. The topological polar surface area (TPSA) is 95.0 Å². The van der Waals surface area contributed by atoms with Crippen LogP contribution >= 0.6 is 0 Å². The fourth-order valence-electron chi connectivity index (χ4n) is 6.34. The number of piperidine rings is 1. The van der Waals surface area contributed by atoms with Crippen molar-refractivity contribution < 1.29 is 18.8 Å². The Kier molecular flexibility index (Phi) is 7.07. The first-order valence-corrected chi connectivity index (χ1v) is 14.0. The van der Waals surface area contributed by atoms with Gasteiger partial charge in [-0.1, -0.05) is 6.07 Å². The summed E-state index contributed by atoms with van der Waals surface area (Å²) in [5, 5.41) is 2.98. The van der Waals surface area contributed by atoms with Gasteiger partial charge in [0.2, 0.25) is 5.91 Å².